The maximum atomic E-state index is 8.58. The van der Waals surface area contributed by atoms with Crippen molar-refractivity contribution in [3.63, 3.8) is 0 Å². The van der Waals surface area contributed by atoms with Crippen LogP contribution < -0.4 is 0 Å². The van der Waals surface area contributed by atoms with Crippen molar-refractivity contribution in [2.24, 2.45) is 0 Å². The van der Waals surface area contributed by atoms with E-state index >= 15 is 0 Å². The first-order valence-corrected chi connectivity index (χ1v) is 3.91. The summed E-state index contributed by atoms with van der Waals surface area (Å²) in [5.74, 6) is 0.774. The minimum atomic E-state index is 0.137. The highest BCUT2D eigenvalue weighted by Gasteiger charge is 2.00. The normalized spacial score (nSPS) is 10.4. The van der Waals surface area contributed by atoms with Crippen LogP contribution in [0.2, 0.25) is 0 Å². The van der Waals surface area contributed by atoms with Gasteiger partial charge in [-0.2, -0.15) is 0 Å². The van der Waals surface area contributed by atoms with Crippen LogP contribution in [0.25, 0.3) is 0 Å². The second-order valence-electron chi connectivity index (χ2n) is 2.46. The molecule has 3 heteroatoms. The van der Waals surface area contributed by atoms with Gasteiger partial charge in [0.2, 0.25) is 0 Å². The number of hydrogen-bond donors (Lipinski definition) is 1. The summed E-state index contributed by atoms with van der Waals surface area (Å²) < 4.78 is 5.14. The number of hydrogen-bond acceptors (Lipinski definition) is 3. The lowest BCUT2D eigenvalue weighted by Crippen LogP contribution is -1.91. The first kappa shape index (κ1) is 8.27. The monoisotopic (exact) mass is 155 g/mol. The highest BCUT2D eigenvalue weighted by atomic mass is 16.3. The molecule has 0 bridgehead atoms. The maximum Gasteiger partial charge on any atom is 0.194 e. The summed E-state index contributed by atoms with van der Waals surface area (Å²) in [4.78, 5) is 4.16. The van der Waals surface area contributed by atoms with Crippen molar-refractivity contribution in [2.45, 2.75) is 26.2 Å². The molecule has 1 N–H and O–H groups in total. The number of aliphatic hydroxyl groups is 1. The number of oxazole rings is 1. The van der Waals surface area contributed by atoms with Gasteiger partial charge in [-0.05, 0) is 6.42 Å². The number of aliphatic hydroxyl groups excluding tert-OH is 1. The summed E-state index contributed by atoms with van der Waals surface area (Å²) in [6.07, 6.45) is 4.12. The zero-order chi connectivity index (χ0) is 8.10. The molecule has 62 valence electrons. The van der Waals surface area contributed by atoms with E-state index in [2.05, 4.69) is 11.9 Å². The van der Waals surface area contributed by atoms with E-state index in [0.29, 0.717) is 6.42 Å². The molecular formula is C8H13NO2. The van der Waals surface area contributed by atoms with E-state index < -0.39 is 0 Å². The van der Waals surface area contributed by atoms with Crippen molar-refractivity contribution in [3.05, 3.63) is 17.8 Å². The summed E-state index contributed by atoms with van der Waals surface area (Å²) >= 11 is 0. The minimum absolute atomic E-state index is 0.137. The van der Waals surface area contributed by atoms with Crippen molar-refractivity contribution < 1.29 is 9.52 Å². The van der Waals surface area contributed by atoms with E-state index in [4.69, 9.17) is 9.52 Å². The molecule has 0 aromatic carbocycles. The molecule has 1 rings (SSSR count). The second-order valence-corrected chi connectivity index (χ2v) is 2.46. The van der Waals surface area contributed by atoms with Crippen LogP contribution in [0.15, 0.2) is 10.7 Å². The minimum Gasteiger partial charge on any atom is -0.449 e. The summed E-state index contributed by atoms with van der Waals surface area (Å²) in [6.45, 7) is 2.22. The van der Waals surface area contributed by atoms with Gasteiger partial charge in [0.15, 0.2) is 5.89 Å². The Bertz CT molecular complexity index is 187. The highest BCUT2D eigenvalue weighted by Crippen LogP contribution is 2.04. The van der Waals surface area contributed by atoms with Gasteiger partial charge in [0.05, 0.1) is 5.69 Å². The molecular weight excluding hydrogens is 142 g/mol. The average molecular weight is 155 g/mol. The van der Waals surface area contributed by atoms with Gasteiger partial charge in [-0.3, -0.25) is 0 Å². The Morgan fingerprint density at radius 3 is 3.00 bits per heavy atom. The Balaban J connectivity index is 2.51. The number of nitrogens with zero attached hydrogens (tertiary/aromatic N) is 1. The van der Waals surface area contributed by atoms with Crippen molar-refractivity contribution in [2.75, 3.05) is 6.61 Å². The SMILES string of the molecule is CCCc1nc(CCO)co1. The Hall–Kier alpha value is -0.830. The van der Waals surface area contributed by atoms with Gasteiger partial charge in [-0.1, -0.05) is 6.92 Å². The van der Waals surface area contributed by atoms with Crippen molar-refractivity contribution in [1.29, 1.82) is 0 Å². The molecule has 3 nitrogen and oxygen atoms in total. The Labute approximate surface area is 66.1 Å². The predicted octanol–water partition coefficient (Wildman–Crippen LogP) is 1.16. The van der Waals surface area contributed by atoms with Crippen LogP contribution >= 0.6 is 0 Å². The van der Waals surface area contributed by atoms with Gasteiger partial charge in [-0.25, -0.2) is 4.98 Å². The van der Waals surface area contributed by atoms with Crippen LogP contribution in [0.1, 0.15) is 24.9 Å². The summed E-state index contributed by atoms with van der Waals surface area (Å²) in [7, 11) is 0. The molecule has 0 saturated carbocycles. The molecule has 11 heavy (non-hydrogen) atoms. The van der Waals surface area contributed by atoms with Crippen LogP contribution in [-0.4, -0.2) is 16.7 Å². The molecule has 0 fully saturated rings. The third kappa shape index (κ3) is 2.35. The fraction of sp³-hybridized carbons (Fsp3) is 0.625. The largest absolute Gasteiger partial charge is 0.449 e. The zero-order valence-electron chi connectivity index (χ0n) is 6.71. The molecule has 1 aromatic heterocycles. The van der Waals surface area contributed by atoms with Crippen molar-refractivity contribution >= 4 is 0 Å². The summed E-state index contributed by atoms with van der Waals surface area (Å²) in [6, 6.07) is 0. The fourth-order valence-electron chi connectivity index (χ4n) is 0.907. The van der Waals surface area contributed by atoms with Crippen molar-refractivity contribution in [1.82, 2.24) is 4.98 Å². The molecule has 0 saturated heterocycles. The van der Waals surface area contributed by atoms with Crippen LogP contribution in [0.3, 0.4) is 0 Å². The Kier molecular flexibility index (Phi) is 3.11. The number of rotatable bonds is 4. The molecule has 1 aromatic rings. The van der Waals surface area contributed by atoms with Crippen LogP contribution in [0, 0.1) is 0 Å². The van der Waals surface area contributed by atoms with Gasteiger partial charge in [0, 0.05) is 19.4 Å². The summed E-state index contributed by atoms with van der Waals surface area (Å²) in [5.41, 5.74) is 0.843. The molecule has 0 aliphatic rings. The van der Waals surface area contributed by atoms with E-state index in [1.165, 1.54) is 0 Å². The van der Waals surface area contributed by atoms with Crippen LogP contribution in [-0.2, 0) is 12.8 Å². The lowest BCUT2D eigenvalue weighted by Gasteiger charge is -1.87. The van der Waals surface area contributed by atoms with Gasteiger partial charge in [0.1, 0.15) is 6.26 Å². The number of aryl methyl sites for hydroxylation is 1. The second kappa shape index (κ2) is 4.13. The van der Waals surface area contributed by atoms with Gasteiger partial charge in [-0.15, -0.1) is 0 Å². The van der Waals surface area contributed by atoms with E-state index in [1.807, 2.05) is 0 Å². The molecule has 0 unspecified atom stereocenters. The topological polar surface area (TPSA) is 46.3 Å². The molecule has 0 amide bonds. The molecule has 0 spiro atoms. The molecule has 0 aliphatic heterocycles. The molecule has 0 atom stereocenters. The first-order valence-electron chi connectivity index (χ1n) is 3.91. The molecule has 0 aliphatic carbocycles. The summed E-state index contributed by atoms with van der Waals surface area (Å²) in [5, 5.41) is 8.58. The van der Waals surface area contributed by atoms with Crippen LogP contribution in [0.4, 0.5) is 0 Å². The standard InChI is InChI=1S/C8H13NO2/c1-2-3-8-9-7(4-5-10)6-11-8/h6,10H,2-5H2,1H3. The lowest BCUT2D eigenvalue weighted by molar-refractivity contribution is 0.298. The van der Waals surface area contributed by atoms with Crippen LogP contribution in [0.5, 0.6) is 0 Å². The van der Waals surface area contributed by atoms with Crippen molar-refractivity contribution in [3.8, 4) is 0 Å². The average Bonchev–Trinajstić information content (AvgIpc) is 2.38. The third-order valence-corrected chi connectivity index (χ3v) is 1.43. The van der Waals surface area contributed by atoms with E-state index in [-0.39, 0.29) is 6.61 Å². The molecule has 0 radical (unpaired) electrons. The maximum absolute atomic E-state index is 8.58. The third-order valence-electron chi connectivity index (χ3n) is 1.43. The molecule has 1 heterocycles. The van der Waals surface area contributed by atoms with Gasteiger partial charge >= 0.3 is 0 Å². The van der Waals surface area contributed by atoms with Gasteiger partial charge in [0.25, 0.3) is 0 Å². The smallest absolute Gasteiger partial charge is 0.194 e. The lowest BCUT2D eigenvalue weighted by atomic mass is 10.3. The first-order chi connectivity index (χ1) is 5.36. The quantitative estimate of drug-likeness (QED) is 0.709. The van der Waals surface area contributed by atoms with E-state index in [1.54, 1.807) is 6.26 Å². The Morgan fingerprint density at radius 1 is 1.55 bits per heavy atom. The highest BCUT2D eigenvalue weighted by molar-refractivity contribution is 4.96. The predicted molar refractivity (Wildman–Crippen MR) is 41.3 cm³/mol. The van der Waals surface area contributed by atoms with E-state index in [0.717, 1.165) is 24.4 Å². The Morgan fingerprint density at radius 2 is 2.36 bits per heavy atom. The zero-order valence-corrected chi connectivity index (χ0v) is 6.71. The fourth-order valence-corrected chi connectivity index (χ4v) is 0.907. The number of aromatic nitrogens is 1. The van der Waals surface area contributed by atoms with Gasteiger partial charge < -0.3 is 9.52 Å². The van der Waals surface area contributed by atoms with E-state index in [9.17, 15) is 0 Å².